The lowest BCUT2D eigenvalue weighted by atomic mass is 10.2. The number of hydrogen-bond acceptors (Lipinski definition) is 7. The summed E-state index contributed by atoms with van der Waals surface area (Å²) in [5.41, 5.74) is 1.58. The standard InChI is InChI=1S/C26H24N4O5S/c1-4-35-26(34)17-10-12-19(13-11-17)28-22(31)16(3)30-14-27-24-20(25(30)33)15(2)21(36-24)23(32)29-18-8-6-5-7-9-18/h5-14,16H,4H2,1-3H3,(H,28,31)(H,29,32). The molecule has 184 valence electrons. The topological polar surface area (TPSA) is 119 Å². The van der Waals surface area contributed by atoms with Crippen LogP contribution in [0.5, 0.6) is 0 Å². The number of fused-ring (bicyclic) bond motifs is 1. The lowest BCUT2D eigenvalue weighted by molar-refractivity contribution is -0.118. The first kappa shape index (κ1) is 24.8. The quantitative estimate of drug-likeness (QED) is 0.360. The molecule has 0 aliphatic carbocycles. The van der Waals surface area contributed by atoms with E-state index in [0.29, 0.717) is 37.6 Å². The number of carbonyl (C=O) groups is 3. The van der Waals surface area contributed by atoms with Crippen LogP contribution in [-0.2, 0) is 9.53 Å². The Morgan fingerprint density at radius 1 is 1.03 bits per heavy atom. The number of hydrogen-bond donors (Lipinski definition) is 2. The van der Waals surface area contributed by atoms with E-state index in [1.54, 1.807) is 57.2 Å². The lowest BCUT2D eigenvalue weighted by Gasteiger charge is -2.15. The Morgan fingerprint density at radius 3 is 2.36 bits per heavy atom. The first-order valence-electron chi connectivity index (χ1n) is 11.2. The highest BCUT2D eigenvalue weighted by Gasteiger charge is 2.23. The minimum Gasteiger partial charge on any atom is -0.462 e. The van der Waals surface area contributed by atoms with Gasteiger partial charge in [-0.2, -0.15) is 0 Å². The Labute approximate surface area is 210 Å². The van der Waals surface area contributed by atoms with Crippen molar-refractivity contribution in [2.45, 2.75) is 26.8 Å². The van der Waals surface area contributed by atoms with E-state index in [4.69, 9.17) is 4.74 Å². The van der Waals surface area contributed by atoms with Crippen molar-refractivity contribution in [2.75, 3.05) is 17.2 Å². The van der Waals surface area contributed by atoms with Crippen molar-refractivity contribution in [3.8, 4) is 0 Å². The van der Waals surface area contributed by atoms with Gasteiger partial charge in [-0.3, -0.25) is 19.0 Å². The number of nitrogens with zero attached hydrogens (tertiary/aromatic N) is 2. The number of anilines is 2. The maximum absolute atomic E-state index is 13.3. The van der Waals surface area contributed by atoms with Crippen LogP contribution in [0.25, 0.3) is 10.2 Å². The van der Waals surface area contributed by atoms with Crippen LogP contribution in [0, 0.1) is 6.92 Å². The molecule has 0 spiro atoms. The fourth-order valence-electron chi connectivity index (χ4n) is 3.62. The summed E-state index contributed by atoms with van der Waals surface area (Å²) in [6, 6.07) is 14.4. The molecule has 36 heavy (non-hydrogen) atoms. The van der Waals surface area contributed by atoms with Gasteiger partial charge in [0.05, 0.1) is 28.8 Å². The van der Waals surface area contributed by atoms with Gasteiger partial charge in [0, 0.05) is 11.4 Å². The van der Waals surface area contributed by atoms with Gasteiger partial charge in [-0.25, -0.2) is 9.78 Å². The SMILES string of the molecule is CCOC(=O)c1ccc(NC(=O)C(C)n2cnc3sc(C(=O)Nc4ccccc4)c(C)c3c2=O)cc1. The van der Waals surface area contributed by atoms with Gasteiger partial charge < -0.3 is 15.4 Å². The maximum atomic E-state index is 13.3. The van der Waals surface area contributed by atoms with E-state index in [9.17, 15) is 19.2 Å². The number of nitrogens with one attached hydrogen (secondary N) is 2. The molecule has 0 bridgehead atoms. The number of esters is 1. The van der Waals surface area contributed by atoms with Crippen LogP contribution in [0.4, 0.5) is 11.4 Å². The Morgan fingerprint density at radius 2 is 1.69 bits per heavy atom. The molecule has 0 aliphatic heterocycles. The van der Waals surface area contributed by atoms with Gasteiger partial charge in [0.25, 0.3) is 11.5 Å². The van der Waals surface area contributed by atoms with E-state index >= 15 is 0 Å². The molecular weight excluding hydrogens is 480 g/mol. The summed E-state index contributed by atoms with van der Waals surface area (Å²) in [6.45, 7) is 5.27. The monoisotopic (exact) mass is 504 g/mol. The fraction of sp³-hybridized carbons (Fsp3) is 0.192. The molecule has 0 fully saturated rings. The summed E-state index contributed by atoms with van der Waals surface area (Å²) in [5.74, 6) is -1.21. The van der Waals surface area contributed by atoms with E-state index in [0.717, 1.165) is 11.3 Å². The number of aromatic nitrogens is 2. The average Bonchev–Trinajstić information content (AvgIpc) is 3.22. The zero-order valence-electron chi connectivity index (χ0n) is 19.9. The molecule has 10 heteroatoms. The van der Waals surface area contributed by atoms with Gasteiger partial charge in [0.1, 0.15) is 10.9 Å². The van der Waals surface area contributed by atoms with E-state index in [1.807, 2.05) is 18.2 Å². The molecule has 2 aromatic heterocycles. The number of benzene rings is 2. The molecule has 2 aromatic carbocycles. The van der Waals surface area contributed by atoms with Gasteiger partial charge in [-0.1, -0.05) is 18.2 Å². The van der Waals surface area contributed by atoms with Crippen molar-refractivity contribution in [1.82, 2.24) is 9.55 Å². The molecule has 4 rings (SSSR count). The van der Waals surface area contributed by atoms with Gasteiger partial charge in [0.2, 0.25) is 5.91 Å². The highest BCUT2D eigenvalue weighted by Crippen LogP contribution is 2.28. The number of rotatable bonds is 7. The minimum atomic E-state index is -0.875. The van der Waals surface area contributed by atoms with Crippen LogP contribution >= 0.6 is 11.3 Å². The van der Waals surface area contributed by atoms with E-state index in [-0.39, 0.29) is 12.5 Å². The van der Waals surface area contributed by atoms with Crippen molar-refractivity contribution < 1.29 is 19.1 Å². The molecule has 9 nitrogen and oxygen atoms in total. The van der Waals surface area contributed by atoms with Gasteiger partial charge in [-0.15, -0.1) is 11.3 Å². The third kappa shape index (κ3) is 5.03. The Bertz CT molecular complexity index is 1490. The number of amides is 2. The van der Waals surface area contributed by atoms with Gasteiger partial charge >= 0.3 is 5.97 Å². The molecule has 4 aromatic rings. The molecule has 0 radical (unpaired) electrons. The fourth-order valence-corrected chi connectivity index (χ4v) is 4.65. The van der Waals surface area contributed by atoms with Crippen LogP contribution in [0.3, 0.4) is 0 Å². The van der Waals surface area contributed by atoms with Crippen molar-refractivity contribution >= 4 is 50.7 Å². The summed E-state index contributed by atoms with van der Waals surface area (Å²) in [5, 5.41) is 5.87. The number of thiophene rings is 1. The predicted octanol–water partition coefficient (Wildman–Crippen LogP) is 4.40. The highest BCUT2D eigenvalue weighted by molar-refractivity contribution is 7.20. The molecule has 1 atom stereocenters. The molecule has 2 heterocycles. The van der Waals surface area contributed by atoms with Crippen molar-refractivity contribution in [1.29, 1.82) is 0 Å². The first-order valence-corrected chi connectivity index (χ1v) is 12.1. The minimum absolute atomic E-state index is 0.269. The maximum Gasteiger partial charge on any atom is 0.338 e. The second-order valence-corrected chi connectivity index (χ2v) is 8.98. The number of carbonyl (C=O) groups excluding carboxylic acids is 3. The van der Waals surface area contributed by atoms with Crippen molar-refractivity contribution in [3.05, 3.63) is 87.3 Å². The van der Waals surface area contributed by atoms with Gasteiger partial charge in [0.15, 0.2) is 0 Å². The second kappa shape index (κ2) is 10.5. The summed E-state index contributed by atoms with van der Waals surface area (Å²) in [4.78, 5) is 55.9. The molecular formula is C26H24N4O5S. The highest BCUT2D eigenvalue weighted by atomic mass is 32.1. The molecule has 2 amide bonds. The zero-order valence-corrected chi connectivity index (χ0v) is 20.7. The van der Waals surface area contributed by atoms with Crippen LogP contribution < -0.4 is 16.2 Å². The molecule has 0 saturated heterocycles. The van der Waals surface area contributed by atoms with Crippen LogP contribution in [-0.4, -0.2) is 33.9 Å². The molecule has 0 aliphatic rings. The third-order valence-corrected chi connectivity index (χ3v) is 6.77. The lowest BCUT2D eigenvalue weighted by Crippen LogP contribution is -2.31. The normalized spacial score (nSPS) is 11.6. The van der Waals surface area contributed by atoms with Gasteiger partial charge in [-0.05, 0) is 62.7 Å². The number of para-hydroxylation sites is 1. The van der Waals surface area contributed by atoms with Crippen molar-refractivity contribution in [3.63, 3.8) is 0 Å². The second-order valence-electron chi connectivity index (χ2n) is 7.98. The Balaban J connectivity index is 1.55. The number of aryl methyl sites for hydroxylation is 1. The summed E-state index contributed by atoms with van der Waals surface area (Å²) in [6.07, 6.45) is 1.31. The largest absolute Gasteiger partial charge is 0.462 e. The van der Waals surface area contributed by atoms with E-state index in [1.165, 1.54) is 10.9 Å². The third-order valence-electron chi connectivity index (χ3n) is 5.57. The van der Waals surface area contributed by atoms with E-state index in [2.05, 4.69) is 15.6 Å². The number of ether oxygens (including phenoxy) is 1. The Kier molecular flexibility index (Phi) is 7.25. The van der Waals surface area contributed by atoms with Crippen LogP contribution in [0.1, 0.15) is 45.5 Å². The molecule has 0 saturated carbocycles. The summed E-state index contributed by atoms with van der Waals surface area (Å²) in [7, 11) is 0. The molecule has 2 N–H and O–H groups in total. The molecule has 1 unspecified atom stereocenters. The van der Waals surface area contributed by atoms with Crippen LogP contribution in [0.2, 0.25) is 0 Å². The van der Waals surface area contributed by atoms with Crippen molar-refractivity contribution in [2.24, 2.45) is 0 Å². The summed E-state index contributed by atoms with van der Waals surface area (Å²) >= 11 is 1.13. The first-order chi connectivity index (χ1) is 17.3. The zero-order chi connectivity index (χ0) is 25.8. The smallest absolute Gasteiger partial charge is 0.338 e. The van der Waals surface area contributed by atoms with E-state index < -0.39 is 23.5 Å². The average molecular weight is 505 g/mol. The van der Waals surface area contributed by atoms with Crippen LogP contribution in [0.15, 0.2) is 65.7 Å². The Hall–Kier alpha value is -4.31. The predicted molar refractivity (Wildman–Crippen MR) is 139 cm³/mol. The summed E-state index contributed by atoms with van der Waals surface area (Å²) < 4.78 is 6.19.